The van der Waals surface area contributed by atoms with Crippen LogP contribution in [0.4, 0.5) is 0 Å². The molecule has 4 fully saturated rings. The summed E-state index contributed by atoms with van der Waals surface area (Å²) in [5, 5.41) is 0. The smallest absolute Gasteiger partial charge is 0.226 e. The van der Waals surface area contributed by atoms with Crippen molar-refractivity contribution in [2.45, 2.75) is 45.2 Å². The van der Waals surface area contributed by atoms with E-state index < -0.39 is 0 Å². The SMILES string of the molecule is CN1CC2CC(C1)N2C(=O)C1CC(C)(C)C1. The van der Waals surface area contributed by atoms with Crippen LogP contribution in [-0.4, -0.2) is 47.9 Å². The highest BCUT2D eigenvalue weighted by Crippen LogP contribution is 2.47. The molecule has 1 aliphatic carbocycles. The molecule has 90 valence electrons. The molecule has 2 unspecified atom stereocenters. The number of amides is 1. The fraction of sp³-hybridized carbons (Fsp3) is 0.923. The minimum atomic E-state index is 0.337. The lowest BCUT2D eigenvalue weighted by Gasteiger charge is -2.58. The van der Waals surface area contributed by atoms with Crippen LogP contribution in [0.3, 0.4) is 0 Å². The summed E-state index contributed by atoms with van der Waals surface area (Å²) in [6.45, 7) is 6.69. The maximum Gasteiger partial charge on any atom is 0.226 e. The van der Waals surface area contributed by atoms with Gasteiger partial charge >= 0.3 is 0 Å². The third-order valence-electron chi connectivity index (χ3n) is 4.58. The molecule has 0 aromatic rings. The van der Waals surface area contributed by atoms with Gasteiger partial charge in [-0.25, -0.2) is 0 Å². The van der Waals surface area contributed by atoms with Crippen molar-refractivity contribution in [3.05, 3.63) is 0 Å². The van der Waals surface area contributed by atoms with E-state index in [0.29, 0.717) is 29.3 Å². The second-order valence-corrected chi connectivity index (χ2v) is 6.78. The monoisotopic (exact) mass is 222 g/mol. The molecule has 4 aliphatic rings. The third kappa shape index (κ3) is 1.48. The van der Waals surface area contributed by atoms with E-state index in [9.17, 15) is 4.79 Å². The normalized spacial score (nSPS) is 37.8. The zero-order chi connectivity index (χ0) is 11.5. The summed E-state index contributed by atoms with van der Waals surface area (Å²) in [4.78, 5) is 16.9. The summed E-state index contributed by atoms with van der Waals surface area (Å²) in [5.41, 5.74) is 0.414. The minimum Gasteiger partial charge on any atom is -0.334 e. The van der Waals surface area contributed by atoms with Crippen molar-refractivity contribution in [3.8, 4) is 0 Å². The largest absolute Gasteiger partial charge is 0.334 e. The molecule has 16 heavy (non-hydrogen) atoms. The van der Waals surface area contributed by atoms with Gasteiger partial charge in [0.05, 0.1) is 0 Å². The number of hydrogen-bond donors (Lipinski definition) is 0. The van der Waals surface area contributed by atoms with Crippen molar-refractivity contribution in [1.82, 2.24) is 9.80 Å². The molecule has 1 amide bonds. The van der Waals surface area contributed by atoms with Crippen LogP contribution in [0, 0.1) is 11.3 Å². The molecule has 1 saturated carbocycles. The fourth-order valence-corrected chi connectivity index (χ4v) is 3.84. The molecule has 4 rings (SSSR count). The van der Waals surface area contributed by atoms with Gasteiger partial charge in [-0.3, -0.25) is 4.79 Å². The van der Waals surface area contributed by atoms with Gasteiger partial charge in [0.25, 0.3) is 0 Å². The van der Waals surface area contributed by atoms with Crippen molar-refractivity contribution >= 4 is 5.91 Å². The Labute approximate surface area is 97.8 Å². The number of hydrogen-bond acceptors (Lipinski definition) is 2. The van der Waals surface area contributed by atoms with E-state index in [1.165, 1.54) is 6.42 Å². The van der Waals surface area contributed by atoms with Gasteiger partial charge in [-0.2, -0.15) is 0 Å². The van der Waals surface area contributed by atoms with Gasteiger partial charge in [0.15, 0.2) is 0 Å². The number of likely N-dealkylation sites (N-methyl/N-ethyl adjacent to an activating group) is 1. The molecule has 3 nitrogen and oxygen atoms in total. The number of carbonyl (C=O) groups excluding carboxylic acids is 1. The quantitative estimate of drug-likeness (QED) is 0.668. The lowest BCUT2D eigenvalue weighted by molar-refractivity contribution is -0.164. The van der Waals surface area contributed by atoms with Gasteiger partial charge in [-0.1, -0.05) is 13.8 Å². The van der Waals surface area contributed by atoms with Crippen molar-refractivity contribution in [2.75, 3.05) is 20.1 Å². The molecular weight excluding hydrogens is 200 g/mol. The Morgan fingerprint density at radius 3 is 2.25 bits per heavy atom. The fourth-order valence-electron chi connectivity index (χ4n) is 3.84. The van der Waals surface area contributed by atoms with Crippen LogP contribution in [0.2, 0.25) is 0 Å². The molecule has 0 aromatic carbocycles. The average Bonchev–Trinajstić information content (AvgIpc) is 2.13. The van der Waals surface area contributed by atoms with Crippen molar-refractivity contribution in [1.29, 1.82) is 0 Å². The predicted octanol–water partition coefficient (Wildman–Crippen LogP) is 1.34. The van der Waals surface area contributed by atoms with Crippen molar-refractivity contribution in [2.24, 2.45) is 11.3 Å². The molecule has 2 bridgehead atoms. The highest BCUT2D eigenvalue weighted by atomic mass is 16.2. The molecule has 2 atom stereocenters. The number of piperazine rings is 1. The van der Waals surface area contributed by atoms with Gasteiger partial charge in [0.1, 0.15) is 0 Å². The maximum absolute atomic E-state index is 12.3. The zero-order valence-corrected chi connectivity index (χ0v) is 10.6. The number of carbonyl (C=O) groups is 1. The molecule has 3 saturated heterocycles. The van der Waals surface area contributed by atoms with E-state index >= 15 is 0 Å². The lowest BCUT2D eigenvalue weighted by atomic mass is 9.63. The van der Waals surface area contributed by atoms with Crippen LogP contribution >= 0.6 is 0 Å². The predicted molar refractivity (Wildman–Crippen MR) is 63.0 cm³/mol. The van der Waals surface area contributed by atoms with Crippen LogP contribution in [-0.2, 0) is 4.79 Å². The van der Waals surface area contributed by atoms with Crippen LogP contribution in [0.15, 0.2) is 0 Å². The van der Waals surface area contributed by atoms with Crippen LogP contribution in [0.25, 0.3) is 0 Å². The maximum atomic E-state index is 12.3. The molecule has 3 heteroatoms. The zero-order valence-electron chi connectivity index (χ0n) is 10.6. The Bertz CT molecular complexity index is 306. The molecule has 0 spiro atoms. The van der Waals surface area contributed by atoms with Crippen LogP contribution in [0.5, 0.6) is 0 Å². The standard InChI is InChI=1S/C13H22N2O/c1-13(2)5-9(6-13)12(16)15-10-4-11(15)8-14(3)7-10/h9-11H,4-8H2,1-3H3. The van der Waals surface area contributed by atoms with Crippen molar-refractivity contribution < 1.29 is 4.79 Å². The molecule has 3 heterocycles. The van der Waals surface area contributed by atoms with Gasteiger partial charge in [0, 0.05) is 31.1 Å². The first-order chi connectivity index (χ1) is 7.46. The van der Waals surface area contributed by atoms with Gasteiger partial charge in [-0.05, 0) is 31.7 Å². The van der Waals surface area contributed by atoms with E-state index in [-0.39, 0.29) is 0 Å². The van der Waals surface area contributed by atoms with E-state index in [0.717, 1.165) is 25.9 Å². The van der Waals surface area contributed by atoms with Gasteiger partial charge in [0.2, 0.25) is 5.91 Å². The summed E-state index contributed by atoms with van der Waals surface area (Å²) < 4.78 is 0. The molecule has 3 aliphatic heterocycles. The molecule has 0 N–H and O–H groups in total. The Hall–Kier alpha value is -0.570. The first-order valence-electron chi connectivity index (χ1n) is 6.47. The van der Waals surface area contributed by atoms with E-state index in [4.69, 9.17) is 0 Å². The van der Waals surface area contributed by atoms with Crippen LogP contribution in [0.1, 0.15) is 33.1 Å². The Balaban J connectivity index is 1.61. The first-order valence-corrected chi connectivity index (χ1v) is 6.47. The Morgan fingerprint density at radius 2 is 1.75 bits per heavy atom. The molecule has 0 radical (unpaired) electrons. The summed E-state index contributed by atoms with van der Waals surface area (Å²) in [6.07, 6.45) is 3.43. The summed E-state index contributed by atoms with van der Waals surface area (Å²) >= 11 is 0. The number of fused-ring (bicyclic) bond motifs is 2. The third-order valence-corrected chi connectivity index (χ3v) is 4.58. The number of piperidine rings is 1. The summed E-state index contributed by atoms with van der Waals surface area (Å²) in [5.74, 6) is 0.789. The second-order valence-electron chi connectivity index (χ2n) is 6.78. The first kappa shape index (κ1) is 10.6. The summed E-state index contributed by atoms with van der Waals surface area (Å²) in [6, 6.07) is 1.06. The van der Waals surface area contributed by atoms with E-state index in [1.54, 1.807) is 0 Å². The minimum absolute atomic E-state index is 0.337. The molecular formula is C13H22N2O. The number of nitrogens with zero attached hydrogens (tertiary/aromatic N) is 2. The molecule has 0 aromatic heterocycles. The average molecular weight is 222 g/mol. The van der Waals surface area contributed by atoms with Crippen molar-refractivity contribution in [3.63, 3.8) is 0 Å². The van der Waals surface area contributed by atoms with Gasteiger partial charge < -0.3 is 9.80 Å². The van der Waals surface area contributed by atoms with E-state index in [2.05, 4.69) is 30.7 Å². The topological polar surface area (TPSA) is 23.6 Å². The Morgan fingerprint density at radius 1 is 1.19 bits per heavy atom. The number of rotatable bonds is 1. The highest BCUT2D eigenvalue weighted by Gasteiger charge is 2.51. The highest BCUT2D eigenvalue weighted by molar-refractivity contribution is 5.81. The van der Waals surface area contributed by atoms with Gasteiger partial charge in [-0.15, -0.1) is 0 Å². The van der Waals surface area contributed by atoms with E-state index in [1.807, 2.05) is 0 Å². The second kappa shape index (κ2) is 3.22. The summed E-state index contributed by atoms with van der Waals surface area (Å²) in [7, 11) is 2.16. The van der Waals surface area contributed by atoms with Crippen LogP contribution < -0.4 is 0 Å². The lowest BCUT2D eigenvalue weighted by Crippen LogP contribution is -2.70. The Kier molecular flexibility index (Phi) is 2.13.